The molecule has 0 aromatic heterocycles. The van der Waals surface area contributed by atoms with Gasteiger partial charge in [0.1, 0.15) is 12.4 Å². The van der Waals surface area contributed by atoms with Gasteiger partial charge in [0.2, 0.25) is 0 Å². The predicted molar refractivity (Wildman–Crippen MR) is 84.0 cm³/mol. The summed E-state index contributed by atoms with van der Waals surface area (Å²) in [6.45, 7) is 2.22. The molecule has 0 saturated heterocycles. The summed E-state index contributed by atoms with van der Waals surface area (Å²) in [4.78, 5) is 2.24. The molecule has 2 nitrogen and oxygen atoms in total. The minimum absolute atomic E-state index is 0.453. The molecule has 0 aliphatic carbocycles. The van der Waals surface area contributed by atoms with Crippen LogP contribution in [-0.4, -0.2) is 13.2 Å². The van der Waals surface area contributed by atoms with Crippen LogP contribution in [0, 0.1) is 0 Å². The highest BCUT2D eigenvalue weighted by atomic mass is 35.5. The summed E-state index contributed by atoms with van der Waals surface area (Å²) in [6.07, 6.45) is 0. The molecule has 0 bridgehead atoms. The standard InChI is InChI=1S/C16H15Cl2NO/c17-10-12-5-3-6-14(18)16(12)19-8-9-20-15-7-2-1-4-13(15)11-19/h1-7H,8-11H2. The van der Waals surface area contributed by atoms with Gasteiger partial charge in [0.25, 0.3) is 0 Å². The number of anilines is 1. The van der Waals surface area contributed by atoms with E-state index in [0.29, 0.717) is 12.5 Å². The van der Waals surface area contributed by atoms with Crippen LogP contribution in [0.5, 0.6) is 5.75 Å². The Morgan fingerprint density at radius 2 is 1.95 bits per heavy atom. The summed E-state index contributed by atoms with van der Waals surface area (Å²) < 4.78 is 5.80. The Labute approximate surface area is 128 Å². The predicted octanol–water partition coefficient (Wildman–Crippen LogP) is 4.48. The molecule has 1 aliphatic rings. The molecule has 4 heteroatoms. The van der Waals surface area contributed by atoms with E-state index in [2.05, 4.69) is 11.0 Å². The lowest BCUT2D eigenvalue weighted by molar-refractivity contribution is 0.331. The van der Waals surface area contributed by atoms with Crippen LogP contribution >= 0.6 is 23.2 Å². The number of alkyl halides is 1. The molecule has 20 heavy (non-hydrogen) atoms. The van der Waals surface area contributed by atoms with Gasteiger partial charge in [-0.15, -0.1) is 11.6 Å². The van der Waals surface area contributed by atoms with Crippen molar-refractivity contribution in [3.8, 4) is 5.75 Å². The summed E-state index contributed by atoms with van der Waals surface area (Å²) in [5.74, 6) is 1.41. The molecule has 1 aliphatic heterocycles. The maximum atomic E-state index is 6.38. The Morgan fingerprint density at radius 1 is 1.10 bits per heavy atom. The van der Waals surface area contributed by atoms with Crippen molar-refractivity contribution in [3.63, 3.8) is 0 Å². The molecular formula is C16H15Cl2NO. The third-order valence-electron chi connectivity index (χ3n) is 3.48. The third-order valence-corrected chi connectivity index (χ3v) is 4.08. The first kappa shape index (κ1) is 13.6. The number of rotatable bonds is 2. The van der Waals surface area contributed by atoms with Crippen molar-refractivity contribution in [2.75, 3.05) is 18.1 Å². The molecule has 0 N–H and O–H groups in total. The monoisotopic (exact) mass is 307 g/mol. The van der Waals surface area contributed by atoms with Gasteiger partial charge >= 0.3 is 0 Å². The molecule has 0 radical (unpaired) electrons. The molecule has 2 aromatic carbocycles. The van der Waals surface area contributed by atoms with Crippen LogP contribution in [0.15, 0.2) is 42.5 Å². The highest BCUT2D eigenvalue weighted by molar-refractivity contribution is 6.33. The lowest BCUT2D eigenvalue weighted by atomic mass is 10.1. The first-order valence-electron chi connectivity index (χ1n) is 6.58. The minimum atomic E-state index is 0.453. The van der Waals surface area contributed by atoms with E-state index in [0.717, 1.165) is 35.1 Å². The number of halogens is 2. The largest absolute Gasteiger partial charge is 0.491 e. The van der Waals surface area contributed by atoms with Gasteiger partial charge in [-0.1, -0.05) is 41.9 Å². The fourth-order valence-corrected chi connectivity index (χ4v) is 3.07. The van der Waals surface area contributed by atoms with Gasteiger partial charge in [-0.25, -0.2) is 0 Å². The van der Waals surface area contributed by atoms with Crippen LogP contribution < -0.4 is 9.64 Å². The number of ether oxygens (including phenoxy) is 1. The summed E-state index contributed by atoms with van der Waals surface area (Å²) >= 11 is 12.4. The fourth-order valence-electron chi connectivity index (χ4n) is 2.54. The molecule has 0 unspecified atom stereocenters. The second kappa shape index (κ2) is 5.94. The van der Waals surface area contributed by atoms with Crippen LogP contribution in [0.25, 0.3) is 0 Å². The van der Waals surface area contributed by atoms with Crippen LogP contribution in [0.3, 0.4) is 0 Å². The number of nitrogens with zero attached hydrogens (tertiary/aromatic N) is 1. The van der Waals surface area contributed by atoms with Gasteiger partial charge in [0.15, 0.2) is 0 Å². The molecule has 104 valence electrons. The topological polar surface area (TPSA) is 12.5 Å². The molecule has 0 amide bonds. The van der Waals surface area contributed by atoms with Crippen molar-refractivity contribution < 1.29 is 4.74 Å². The smallest absolute Gasteiger partial charge is 0.124 e. The van der Waals surface area contributed by atoms with Crippen LogP contribution in [0.2, 0.25) is 5.02 Å². The van der Waals surface area contributed by atoms with E-state index in [-0.39, 0.29) is 0 Å². The molecule has 3 rings (SSSR count). The number of fused-ring (bicyclic) bond motifs is 1. The van der Waals surface area contributed by atoms with Crippen LogP contribution in [-0.2, 0) is 12.4 Å². The second-order valence-corrected chi connectivity index (χ2v) is 5.43. The van der Waals surface area contributed by atoms with Crippen LogP contribution in [0.4, 0.5) is 5.69 Å². The lowest BCUT2D eigenvalue weighted by Gasteiger charge is -2.25. The van der Waals surface area contributed by atoms with Crippen molar-refractivity contribution >= 4 is 28.9 Å². The van der Waals surface area contributed by atoms with Gasteiger partial charge in [0, 0.05) is 18.0 Å². The molecule has 0 fully saturated rings. The number of hydrogen-bond acceptors (Lipinski definition) is 2. The van der Waals surface area contributed by atoms with E-state index in [1.165, 1.54) is 5.56 Å². The van der Waals surface area contributed by atoms with Gasteiger partial charge < -0.3 is 9.64 Å². The van der Waals surface area contributed by atoms with E-state index < -0.39 is 0 Å². The molecule has 2 aromatic rings. The Balaban J connectivity index is 2.00. The van der Waals surface area contributed by atoms with E-state index in [9.17, 15) is 0 Å². The zero-order chi connectivity index (χ0) is 13.9. The molecular weight excluding hydrogens is 293 g/mol. The van der Waals surface area contributed by atoms with E-state index in [1.807, 2.05) is 36.4 Å². The highest BCUT2D eigenvalue weighted by Gasteiger charge is 2.19. The average Bonchev–Trinajstić information content (AvgIpc) is 2.68. The molecule has 0 atom stereocenters. The van der Waals surface area contributed by atoms with Crippen molar-refractivity contribution in [1.29, 1.82) is 0 Å². The maximum absolute atomic E-state index is 6.38. The van der Waals surface area contributed by atoms with Gasteiger partial charge in [-0.05, 0) is 17.7 Å². The molecule has 1 heterocycles. The van der Waals surface area contributed by atoms with Gasteiger partial charge in [0.05, 0.1) is 17.3 Å². The Kier molecular flexibility index (Phi) is 4.04. The van der Waals surface area contributed by atoms with Crippen LogP contribution in [0.1, 0.15) is 11.1 Å². The van der Waals surface area contributed by atoms with Crippen molar-refractivity contribution in [3.05, 3.63) is 58.6 Å². The van der Waals surface area contributed by atoms with E-state index in [1.54, 1.807) is 0 Å². The minimum Gasteiger partial charge on any atom is -0.491 e. The van der Waals surface area contributed by atoms with Crippen molar-refractivity contribution in [2.24, 2.45) is 0 Å². The normalized spacial score (nSPS) is 14.4. The lowest BCUT2D eigenvalue weighted by Crippen LogP contribution is -2.26. The Morgan fingerprint density at radius 3 is 2.80 bits per heavy atom. The third kappa shape index (κ3) is 2.58. The second-order valence-electron chi connectivity index (χ2n) is 4.76. The van der Waals surface area contributed by atoms with Gasteiger partial charge in [-0.2, -0.15) is 0 Å². The zero-order valence-corrected chi connectivity index (χ0v) is 12.5. The Bertz CT molecular complexity index is 615. The van der Waals surface area contributed by atoms with Gasteiger partial charge in [-0.3, -0.25) is 0 Å². The molecule has 0 saturated carbocycles. The summed E-state index contributed by atoms with van der Waals surface area (Å²) in [6, 6.07) is 14.0. The zero-order valence-electron chi connectivity index (χ0n) is 11.0. The number of benzene rings is 2. The number of para-hydroxylation sites is 2. The molecule has 0 spiro atoms. The quantitative estimate of drug-likeness (QED) is 0.759. The SMILES string of the molecule is ClCc1cccc(Cl)c1N1CCOc2ccccc2C1. The summed E-state index contributed by atoms with van der Waals surface area (Å²) in [7, 11) is 0. The van der Waals surface area contributed by atoms with E-state index >= 15 is 0 Å². The first-order chi connectivity index (χ1) is 9.79. The Hall–Kier alpha value is -1.38. The summed E-state index contributed by atoms with van der Waals surface area (Å²) in [5.41, 5.74) is 3.24. The maximum Gasteiger partial charge on any atom is 0.124 e. The summed E-state index contributed by atoms with van der Waals surface area (Å²) in [5, 5.41) is 0.738. The fraction of sp³-hybridized carbons (Fsp3) is 0.250. The van der Waals surface area contributed by atoms with Crippen molar-refractivity contribution in [1.82, 2.24) is 0 Å². The highest BCUT2D eigenvalue weighted by Crippen LogP contribution is 2.34. The van der Waals surface area contributed by atoms with Crippen molar-refractivity contribution in [2.45, 2.75) is 12.4 Å². The first-order valence-corrected chi connectivity index (χ1v) is 7.50. The van der Waals surface area contributed by atoms with E-state index in [4.69, 9.17) is 27.9 Å². The average molecular weight is 308 g/mol. The number of hydrogen-bond donors (Lipinski definition) is 0.